The van der Waals surface area contributed by atoms with E-state index in [0.29, 0.717) is 47.3 Å². The number of nitrogens with zero attached hydrogens (tertiary/aromatic N) is 3. The Balaban J connectivity index is 1.91. The van der Waals surface area contributed by atoms with Crippen molar-refractivity contribution in [2.45, 2.75) is 19.9 Å². The van der Waals surface area contributed by atoms with Gasteiger partial charge < -0.3 is 24.2 Å². The summed E-state index contributed by atoms with van der Waals surface area (Å²) < 4.78 is 18.4. The molecule has 4 rings (SSSR count). The summed E-state index contributed by atoms with van der Waals surface area (Å²) in [5.41, 5.74) is 2.07. The molecule has 1 saturated heterocycles. The highest BCUT2D eigenvalue weighted by atomic mass is 16.5. The zero-order valence-electron chi connectivity index (χ0n) is 20.6. The molecule has 1 aliphatic heterocycles. The summed E-state index contributed by atoms with van der Waals surface area (Å²) in [4.78, 5) is 32.3. The lowest BCUT2D eigenvalue weighted by Crippen LogP contribution is -2.32. The molecule has 36 heavy (non-hydrogen) atoms. The summed E-state index contributed by atoms with van der Waals surface area (Å²) in [7, 11) is 1.52. The number of amides is 1. The van der Waals surface area contributed by atoms with Gasteiger partial charge in [-0.1, -0.05) is 24.8 Å². The molecule has 3 aromatic rings. The molecule has 1 unspecified atom stereocenters. The van der Waals surface area contributed by atoms with Gasteiger partial charge in [0, 0.05) is 19.9 Å². The average Bonchev–Trinajstić information content (AvgIpc) is 3.34. The second-order valence-corrected chi connectivity index (χ2v) is 8.20. The number of Topliss-reactive ketones (excluding diaryl/α,β-unsaturated/α-hetero) is 1. The summed E-state index contributed by atoms with van der Waals surface area (Å²) in [6.45, 7) is 8.32. The molecule has 0 radical (unpaired) electrons. The Morgan fingerprint density at radius 3 is 2.72 bits per heavy atom. The van der Waals surface area contributed by atoms with Crippen LogP contribution in [0.3, 0.4) is 0 Å². The second kappa shape index (κ2) is 10.7. The van der Waals surface area contributed by atoms with Crippen molar-refractivity contribution in [3.05, 3.63) is 77.8 Å². The van der Waals surface area contributed by atoms with Crippen LogP contribution in [0.25, 0.3) is 11.4 Å². The summed E-state index contributed by atoms with van der Waals surface area (Å²) in [6.07, 6.45) is 3.38. The zero-order chi connectivity index (χ0) is 25.8. The number of likely N-dealkylation sites (tertiary alicyclic amines) is 1. The number of hydrogen-bond donors (Lipinski definition) is 1. The molecular formula is C27H29N3O6. The number of pyridine rings is 1. The first kappa shape index (κ1) is 25.0. The smallest absolute Gasteiger partial charge is 0.295 e. The van der Waals surface area contributed by atoms with E-state index in [-0.39, 0.29) is 24.5 Å². The van der Waals surface area contributed by atoms with E-state index in [1.54, 1.807) is 53.9 Å². The number of aromatic nitrogens is 2. The van der Waals surface area contributed by atoms with Crippen LogP contribution in [0.15, 0.2) is 60.8 Å². The van der Waals surface area contributed by atoms with Gasteiger partial charge in [0.1, 0.15) is 17.9 Å². The molecule has 0 aliphatic carbocycles. The number of aliphatic hydroxyl groups is 1. The Kier molecular flexibility index (Phi) is 7.40. The van der Waals surface area contributed by atoms with Crippen molar-refractivity contribution in [3.8, 4) is 11.5 Å². The van der Waals surface area contributed by atoms with Gasteiger partial charge in [0.2, 0.25) is 0 Å². The number of imidazole rings is 1. The maximum absolute atomic E-state index is 13.3. The molecular weight excluding hydrogens is 462 g/mol. The third-order valence-electron chi connectivity index (χ3n) is 5.94. The number of carbonyl (C=O) groups excluding carboxylic acids is 2. The first-order chi connectivity index (χ1) is 17.4. The van der Waals surface area contributed by atoms with Crippen LogP contribution in [-0.2, 0) is 14.3 Å². The zero-order valence-corrected chi connectivity index (χ0v) is 20.6. The van der Waals surface area contributed by atoms with Gasteiger partial charge in [0.25, 0.3) is 11.7 Å². The van der Waals surface area contributed by atoms with E-state index in [0.717, 1.165) is 0 Å². The number of aryl methyl sites for hydroxylation is 1. The number of aliphatic hydroxyl groups excluding tert-OH is 1. The Bertz CT molecular complexity index is 1340. The Morgan fingerprint density at radius 1 is 1.19 bits per heavy atom. The van der Waals surface area contributed by atoms with Crippen molar-refractivity contribution in [1.82, 2.24) is 14.3 Å². The largest absolute Gasteiger partial charge is 0.505 e. The van der Waals surface area contributed by atoms with E-state index in [9.17, 15) is 14.7 Å². The predicted molar refractivity (Wildman–Crippen MR) is 134 cm³/mol. The fourth-order valence-corrected chi connectivity index (χ4v) is 4.40. The molecule has 9 nitrogen and oxygen atoms in total. The van der Waals surface area contributed by atoms with Crippen molar-refractivity contribution < 1.29 is 28.9 Å². The van der Waals surface area contributed by atoms with Crippen molar-refractivity contribution in [2.75, 3.05) is 33.5 Å². The number of carbonyl (C=O) groups is 2. The van der Waals surface area contributed by atoms with Gasteiger partial charge in [-0.25, -0.2) is 4.98 Å². The summed E-state index contributed by atoms with van der Waals surface area (Å²) in [6, 6.07) is 9.78. The summed E-state index contributed by atoms with van der Waals surface area (Å²) in [5.74, 6) is -0.814. The van der Waals surface area contributed by atoms with Crippen molar-refractivity contribution in [1.29, 1.82) is 0 Å². The Labute approximate surface area is 209 Å². The first-order valence-corrected chi connectivity index (χ1v) is 11.6. The monoisotopic (exact) mass is 491 g/mol. The Hall–Kier alpha value is -4.11. The normalized spacial score (nSPS) is 17.1. The van der Waals surface area contributed by atoms with Gasteiger partial charge in [0.05, 0.1) is 30.5 Å². The Morgan fingerprint density at radius 2 is 2.00 bits per heavy atom. The topological polar surface area (TPSA) is 103 Å². The van der Waals surface area contributed by atoms with Gasteiger partial charge in [-0.05, 0) is 43.7 Å². The molecule has 3 heterocycles. The van der Waals surface area contributed by atoms with E-state index >= 15 is 0 Å². The third-order valence-corrected chi connectivity index (χ3v) is 5.94. The number of ether oxygens (including phenoxy) is 3. The molecule has 1 atom stereocenters. The summed E-state index contributed by atoms with van der Waals surface area (Å²) in [5, 5.41) is 11.5. The number of hydrogen-bond acceptors (Lipinski definition) is 7. The van der Waals surface area contributed by atoms with Crippen LogP contribution in [0.2, 0.25) is 0 Å². The number of fused-ring (bicyclic) bond motifs is 1. The van der Waals surface area contributed by atoms with E-state index in [4.69, 9.17) is 14.2 Å². The molecule has 1 aromatic carbocycles. The average molecular weight is 492 g/mol. The van der Waals surface area contributed by atoms with Crippen LogP contribution in [0.1, 0.15) is 29.9 Å². The molecule has 1 fully saturated rings. The van der Waals surface area contributed by atoms with Crippen LogP contribution in [0.5, 0.6) is 11.5 Å². The van der Waals surface area contributed by atoms with Crippen LogP contribution < -0.4 is 9.47 Å². The predicted octanol–water partition coefficient (Wildman–Crippen LogP) is 3.67. The highest BCUT2D eigenvalue weighted by molar-refractivity contribution is 6.46. The van der Waals surface area contributed by atoms with Crippen LogP contribution >= 0.6 is 0 Å². The summed E-state index contributed by atoms with van der Waals surface area (Å²) >= 11 is 0. The molecule has 1 amide bonds. The fraction of sp³-hybridized carbons (Fsp3) is 0.296. The molecule has 2 aromatic heterocycles. The molecule has 0 bridgehead atoms. The van der Waals surface area contributed by atoms with E-state index < -0.39 is 17.7 Å². The maximum Gasteiger partial charge on any atom is 0.295 e. The molecule has 1 N–H and O–H groups in total. The molecule has 0 saturated carbocycles. The van der Waals surface area contributed by atoms with Gasteiger partial charge in [-0.15, -0.1) is 0 Å². The minimum absolute atomic E-state index is 0.0212. The van der Waals surface area contributed by atoms with Gasteiger partial charge in [0.15, 0.2) is 17.3 Å². The lowest BCUT2D eigenvalue weighted by Gasteiger charge is -2.26. The minimum Gasteiger partial charge on any atom is -0.505 e. The minimum atomic E-state index is -0.860. The number of benzene rings is 1. The van der Waals surface area contributed by atoms with Gasteiger partial charge in [-0.3, -0.25) is 14.0 Å². The van der Waals surface area contributed by atoms with Gasteiger partial charge >= 0.3 is 0 Å². The SMILES string of the molecule is C=CCOc1ccc(C2C(=C(O)c3c(C)nc4ccccn34)C(=O)C(=O)N2CCOC)cc1OCC. The van der Waals surface area contributed by atoms with Crippen molar-refractivity contribution in [2.24, 2.45) is 0 Å². The first-order valence-electron chi connectivity index (χ1n) is 11.6. The lowest BCUT2D eigenvalue weighted by molar-refractivity contribution is -0.140. The standard InChI is InChI=1S/C27H29N3O6/c1-5-14-36-19-11-10-18(16-20(19)35-6-2)24-22(26(32)27(33)30(24)13-15-34-4)25(31)23-17(3)28-21-9-7-8-12-29(21)23/h5,7-12,16,24,31H,1,6,13-15H2,2-4H3. The van der Waals surface area contributed by atoms with Crippen molar-refractivity contribution in [3.63, 3.8) is 0 Å². The number of ketones is 1. The second-order valence-electron chi connectivity index (χ2n) is 8.20. The fourth-order valence-electron chi connectivity index (χ4n) is 4.40. The molecule has 9 heteroatoms. The highest BCUT2D eigenvalue weighted by Crippen LogP contribution is 2.42. The van der Waals surface area contributed by atoms with E-state index in [1.165, 1.54) is 12.0 Å². The highest BCUT2D eigenvalue weighted by Gasteiger charge is 2.46. The third kappa shape index (κ3) is 4.45. The number of methoxy groups -OCH3 is 1. The molecule has 0 spiro atoms. The van der Waals surface area contributed by atoms with E-state index in [1.807, 2.05) is 13.0 Å². The quantitative estimate of drug-likeness (QED) is 0.200. The van der Waals surface area contributed by atoms with Crippen LogP contribution in [-0.4, -0.2) is 64.6 Å². The van der Waals surface area contributed by atoms with E-state index in [2.05, 4.69) is 11.6 Å². The lowest BCUT2D eigenvalue weighted by atomic mass is 9.96. The van der Waals surface area contributed by atoms with Crippen LogP contribution in [0, 0.1) is 6.92 Å². The van der Waals surface area contributed by atoms with Gasteiger partial charge in [-0.2, -0.15) is 0 Å². The molecule has 188 valence electrons. The number of rotatable bonds is 10. The maximum atomic E-state index is 13.3. The molecule has 1 aliphatic rings. The van der Waals surface area contributed by atoms with Crippen molar-refractivity contribution >= 4 is 23.1 Å². The van der Waals surface area contributed by atoms with Crippen LogP contribution in [0.4, 0.5) is 0 Å².